The Morgan fingerprint density at radius 3 is 2.18 bits per heavy atom. The lowest BCUT2D eigenvalue weighted by molar-refractivity contribution is -0.146. The minimum absolute atomic E-state index is 0.0568. The van der Waals surface area contributed by atoms with Crippen molar-refractivity contribution in [3.8, 4) is 5.75 Å². The first-order valence-electron chi connectivity index (χ1n) is 9.59. The molecule has 1 heterocycles. The van der Waals surface area contributed by atoms with Crippen LogP contribution in [-0.4, -0.2) is 67.0 Å². The zero-order valence-corrected chi connectivity index (χ0v) is 17.0. The van der Waals surface area contributed by atoms with E-state index in [2.05, 4.69) is 0 Å². The second-order valence-corrected chi connectivity index (χ2v) is 6.86. The van der Waals surface area contributed by atoms with Crippen molar-refractivity contribution in [2.24, 2.45) is 0 Å². The molecule has 0 radical (unpaired) electrons. The summed E-state index contributed by atoms with van der Waals surface area (Å²) < 4.78 is 10.4. The molecule has 0 unspecified atom stereocenters. The Morgan fingerprint density at radius 2 is 1.57 bits per heavy atom. The second-order valence-electron chi connectivity index (χ2n) is 6.45. The van der Waals surface area contributed by atoms with Gasteiger partial charge in [0, 0.05) is 39.0 Å². The lowest BCUT2D eigenvalue weighted by Gasteiger charge is -2.35. The fourth-order valence-corrected chi connectivity index (χ4v) is 3.12. The zero-order valence-electron chi connectivity index (χ0n) is 16.2. The fourth-order valence-electron chi connectivity index (χ4n) is 2.93. The summed E-state index contributed by atoms with van der Waals surface area (Å²) in [5, 5.41) is 0.553. The van der Waals surface area contributed by atoms with E-state index in [4.69, 9.17) is 21.1 Å². The molecule has 0 saturated carbocycles. The number of amides is 2. The highest BCUT2D eigenvalue weighted by Crippen LogP contribution is 2.23. The molecule has 1 saturated heterocycles. The predicted octanol–water partition coefficient (Wildman–Crippen LogP) is 2.51. The number of rotatable bonds is 9. The molecular formula is C20H27ClN2O5. The van der Waals surface area contributed by atoms with Crippen molar-refractivity contribution in [2.75, 3.05) is 39.4 Å². The van der Waals surface area contributed by atoms with Crippen LogP contribution in [0.15, 0.2) is 24.3 Å². The van der Waals surface area contributed by atoms with E-state index in [1.54, 1.807) is 28.9 Å². The predicted molar refractivity (Wildman–Crippen MR) is 105 cm³/mol. The smallest absolute Gasteiger partial charge is 0.306 e. The molecule has 1 aromatic rings. The number of halogens is 1. The third-order valence-corrected chi connectivity index (χ3v) is 4.77. The maximum absolute atomic E-state index is 12.3. The van der Waals surface area contributed by atoms with Crippen molar-refractivity contribution >= 4 is 29.4 Å². The topological polar surface area (TPSA) is 76.2 Å². The third-order valence-electron chi connectivity index (χ3n) is 4.46. The van der Waals surface area contributed by atoms with Crippen LogP contribution in [0.3, 0.4) is 0 Å². The minimum atomic E-state index is -0.358. The van der Waals surface area contributed by atoms with E-state index in [1.807, 2.05) is 12.1 Å². The monoisotopic (exact) mass is 410 g/mol. The molecule has 28 heavy (non-hydrogen) atoms. The van der Waals surface area contributed by atoms with Gasteiger partial charge in [0.05, 0.1) is 24.7 Å². The van der Waals surface area contributed by atoms with Gasteiger partial charge in [0.25, 0.3) is 0 Å². The van der Waals surface area contributed by atoms with Gasteiger partial charge in [-0.05, 0) is 25.5 Å². The molecule has 0 atom stereocenters. The Balaban J connectivity index is 1.62. The summed E-state index contributed by atoms with van der Waals surface area (Å²) in [7, 11) is 0. The summed E-state index contributed by atoms with van der Waals surface area (Å²) in [4.78, 5) is 39.3. The number of ether oxygens (including phenoxy) is 2. The third kappa shape index (κ3) is 7.03. The Kier molecular flexibility index (Phi) is 9.07. The van der Waals surface area contributed by atoms with Crippen molar-refractivity contribution in [3.05, 3.63) is 29.3 Å². The molecule has 1 aromatic carbocycles. The number of carbonyl (C=O) groups is 3. The van der Waals surface area contributed by atoms with E-state index >= 15 is 0 Å². The number of para-hydroxylation sites is 1. The largest absolute Gasteiger partial charge is 0.492 e. The Labute approximate surface area is 170 Å². The molecular weight excluding hydrogens is 384 g/mol. The van der Waals surface area contributed by atoms with E-state index in [0.29, 0.717) is 63.0 Å². The van der Waals surface area contributed by atoms with Crippen molar-refractivity contribution < 1.29 is 23.9 Å². The van der Waals surface area contributed by atoms with Gasteiger partial charge in [-0.2, -0.15) is 0 Å². The van der Waals surface area contributed by atoms with Crippen LogP contribution in [0.4, 0.5) is 0 Å². The van der Waals surface area contributed by atoms with Gasteiger partial charge in [0.15, 0.2) is 0 Å². The summed E-state index contributed by atoms with van der Waals surface area (Å²) in [6, 6.07) is 7.23. The number of esters is 1. The van der Waals surface area contributed by atoms with Gasteiger partial charge in [-0.25, -0.2) is 0 Å². The number of hydrogen-bond donors (Lipinski definition) is 0. The van der Waals surface area contributed by atoms with Crippen LogP contribution in [0.25, 0.3) is 0 Å². The number of piperazine rings is 1. The summed E-state index contributed by atoms with van der Waals surface area (Å²) in [6.45, 7) is 4.47. The first-order chi connectivity index (χ1) is 13.5. The van der Waals surface area contributed by atoms with E-state index in [0.717, 1.165) is 0 Å². The van der Waals surface area contributed by atoms with Crippen LogP contribution in [0.2, 0.25) is 5.02 Å². The van der Waals surface area contributed by atoms with Crippen molar-refractivity contribution in [3.63, 3.8) is 0 Å². The quantitative estimate of drug-likeness (QED) is 0.462. The first-order valence-corrected chi connectivity index (χ1v) is 9.97. The van der Waals surface area contributed by atoms with Crippen LogP contribution in [0, 0.1) is 0 Å². The van der Waals surface area contributed by atoms with Gasteiger partial charge < -0.3 is 19.3 Å². The van der Waals surface area contributed by atoms with Crippen molar-refractivity contribution in [1.29, 1.82) is 0 Å². The van der Waals surface area contributed by atoms with Crippen molar-refractivity contribution in [1.82, 2.24) is 9.80 Å². The van der Waals surface area contributed by atoms with Crippen LogP contribution in [0.1, 0.15) is 32.6 Å². The van der Waals surface area contributed by atoms with Crippen LogP contribution >= 0.6 is 11.6 Å². The maximum Gasteiger partial charge on any atom is 0.306 e. The molecule has 2 rings (SSSR count). The summed E-state index contributed by atoms with van der Waals surface area (Å²) in [5.74, 6) is 0.241. The molecule has 0 N–H and O–H groups in total. The average molecular weight is 411 g/mol. The molecule has 0 spiro atoms. The SMILES string of the molecule is CCOC(=O)CCC(=O)N1CCN(C(=O)CCCOc2ccccc2Cl)CC1. The number of nitrogens with zero attached hydrogens (tertiary/aromatic N) is 2. The van der Waals surface area contributed by atoms with Crippen LogP contribution in [-0.2, 0) is 19.1 Å². The van der Waals surface area contributed by atoms with E-state index in [-0.39, 0.29) is 30.6 Å². The Hall–Kier alpha value is -2.28. The van der Waals surface area contributed by atoms with Gasteiger partial charge in [-0.15, -0.1) is 0 Å². The van der Waals surface area contributed by atoms with Gasteiger partial charge in [-0.3, -0.25) is 14.4 Å². The summed E-state index contributed by atoms with van der Waals surface area (Å²) in [6.07, 6.45) is 1.23. The Morgan fingerprint density at radius 1 is 0.964 bits per heavy atom. The molecule has 0 aliphatic carbocycles. The first kappa shape index (κ1) is 22.0. The molecule has 1 aliphatic rings. The van der Waals surface area contributed by atoms with Gasteiger partial charge in [0.2, 0.25) is 11.8 Å². The molecule has 7 nitrogen and oxygen atoms in total. The van der Waals surface area contributed by atoms with E-state index in [9.17, 15) is 14.4 Å². The zero-order chi connectivity index (χ0) is 20.4. The highest BCUT2D eigenvalue weighted by Gasteiger charge is 2.24. The molecule has 1 aliphatic heterocycles. The highest BCUT2D eigenvalue weighted by molar-refractivity contribution is 6.32. The molecule has 1 fully saturated rings. The van der Waals surface area contributed by atoms with Gasteiger partial charge >= 0.3 is 5.97 Å². The van der Waals surface area contributed by atoms with Crippen LogP contribution in [0.5, 0.6) is 5.75 Å². The molecule has 0 aromatic heterocycles. The molecule has 154 valence electrons. The fraction of sp³-hybridized carbons (Fsp3) is 0.550. The normalized spacial score (nSPS) is 13.9. The van der Waals surface area contributed by atoms with Gasteiger partial charge in [0.1, 0.15) is 5.75 Å². The summed E-state index contributed by atoms with van der Waals surface area (Å²) >= 11 is 6.02. The highest BCUT2D eigenvalue weighted by atomic mass is 35.5. The number of carbonyl (C=O) groups excluding carboxylic acids is 3. The second kappa shape index (κ2) is 11.5. The van der Waals surface area contributed by atoms with Gasteiger partial charge in [-0.1, -0.05) is 23.7 Å². The van der Waals surface area contributed by atoms with Crippen LogP contribution < -0.4 is 4.74 Å². The lowest BCUT2D eigenvalue weighted by atomic mass is 10.2. The summed E-state index contributed by atoms with van der Waals surface area (Å²) in [5.41, 5.74) is 0. The standard InChI is InChI=1S/C20H27ClN2O5/c1-2-27-20(26)10-9-19(25)23-13-11-22(12-14-23)18(24)8-5-15-28-17-7-4-3-6-16(17)21/h3-4,6-7H,2,5,8-15H2,1H3. The molecule has 8 heteroatoms. The van der Waals surface area contributed by atoms with E-state index < -0.39 is 0 Å². The molecule has 2 amide bonds. The lowest BCUT2D eigenvalue weighted by Crippen LogP contribution is -2.50. The maximum atomic E-state index is 12.3. The average Bonchev–Trinajstić information content (AvgIpc) is 2.71. The number of benzene rings is 1. The number of hydrogen-bond acceptors (Lipinski definition) is 5. The Bertz CT molecular complexity index is 674. The minimum Gasteiger partial charge on any atom is -0.492 e. The molecule has 0 bridgehead atoms. The van der Waals surface area contributed by atoms with E-state index in [1.165, 1.54) is 0 Å². The van der Waals surface area contributed by atoms with Crippen molar-refractivity contribution in [2.45, 2.75) is 32.6 Å².